The molecule has 2 heterocycles. The van der Waals surface area contributed by atoms with Crippen LogP contribution in [0, 0.1) is 5.41 Å². The Balaban J connectivity index is 1.81. The average molecular weight is 351 g/mol. The van der Waals surface area contributed by atoms with Crippen molar-refractivity contribution in [2.75, 3.05) is 27.2 Å². The van der Waals surface area contributed by atoms with Crippen LogP contribution < -0.4 is 10.6 Å². The van der Waals surface area contributed by atoms with Gasteiger partial charge in [0.1, 0.15) is 11.6 Å². The van der Waals surface area contributed by atoms with E-state index in [9.17, 15) is 0 Å². The number of nitrogens with one attached hydrogen (secondary N) is 2. The number of aryl methyl sites for hydroxylation is 1. The number of aromatic nitrogens is 3. The molecule has 1 unspecified atom stereocenters. The fourth-order valence-electron chi connectivity index (χ4n) is 3.18. The predicted octanol–water partition coefficient (Wildman–Crippen LogP) is 1.77. The van der Waals surface area contributed by atoms with Crippen LogP contribution in [0.15, 0.2) is 4.99 Å². The van der Waals surface area contributed by atoms with Crippen molar-refractivity contribution in [1.29, 1.82) is 0 Å². The summed E-state index contributed by atoms with van der Waals surface area (Å²) < 4.78 is 7.88. The Morgan fingerprint density at radius 3 is 2.72 bits per heavy atom. The first-order valence-electron chi connectivity index (χ1n) is 9.34. The summed E-state index contributed by atoms with van der Waals surface area (Å²) in [6, 6.07) is 0. The lowest BCUT2D eigenvalue weighted by Gasteiger charge is -2.30. The molecule has 0 radical (unpaired) electrons. The summed E-state index contributed by atoms with van der Waals surface area (Å²) in [6.45, 7) is 9.08. The molecule has 0 bridgehead atoms. The zero-order valence-corrected chi connectivity index (χ0v) is 16.4. The van der Waals surface area contributed by atoms with Gasteiger partial charge in [-0.3, -0.25) is 4.99 Å². The van der Waals surface area contributed by atoms with Gasteiger partial charge in [0.25, 0.3) is 0 Å². The average Bonchev–Trinajstić information content (AvgIpc) is 2.79. The lowest BCUT2D eigenvalue weighted by atomic mass is 9.89. The summed E-state index contributed by atoms with van der Waals surface area (Å²) in [7, 11) is 3.54. The highest BCUT2D eigenvalue weighted by molar-refractivity contribution is 5.79. The molecule has 0 aliphatic carbocycles. The molecule has 0 amide bonds. The van der Waals surface area contributed by atoms with Crippen LogP contribution in [0.3, 0.4) is 0 Å². The second-order valence-electron chi connectivity index (χ2n) is 7.72. The van der Waals surface area contributed by atoms with Crippen LogP contribution in [0.2, 0.25) is 0 Å². The third-order valence-corrected chi connectivity index (χ3v) is 4.76. The van der Waals surface area contributed by atoms with Crippen LogP contribution in [0.25, 0.3) is 0 Å². The number of fused-ring (bicyclic) bond motifs is 1. The van der Waals surface area contributed by atoms with Crippen LogP contribution in [-0.2, 0) is 24.1 Å². The van der Waals surface area contributed by atoms with Gasteiger partial charge >= 0.3 is 0 Å². The Kier molecular flexibility index (Phi) is 7.23. The fraction of sp³-hybridized carbons (Fsp3) is 0.833. The van der Waals surface area contributed by atoms with Crippen LogP contribution in [0.5, 0.6) is 0 Å². The standard InChI is InChI=1S/C18H34N6O/c1-18(2,3)14(25-5)13-21-17(19-4)20-11-10-16-23-22-15-9-7-6-8-12-24(15)16/h14H,6-13H2,1-5H3,(H2,19,20,21). The maximum Gasteiger partial charge on any atom is 0.191 e. The molecule has 142 valence electrons. The minimum atomic E-state index is 0.0830. The molecule has 7 heteroatoms. The van der Waals surface area contributed by atoms with Crippen molar-refractivity contribution in [2.24, 2.45) is 10.4 Å². The van der Waals surface area contributed by atoms with Gasteiger partial charge in [-0.15, -0.1) is 10.2 Å². The van der Waals surface area contributed by atoms with Crippen molar-refractivity contribution in [2.45, 2.75) is 65.5 Å². The minimum Gasteiger partial charge on any atom is -0.379 e. The number of guanidine groups is 1. The predicted molar refractivity (Wildman–Crippen MR) is 101 cm³/mol. The lowest BCUT2D eigenvalue weighted by molar-refractivity contribution is 0.0205. The lowest BCUT2D eigenvalue weighted by Crippen LogP contribution is -2.45. The summed E-state index contributed by atoms with van der Waals surface area (Å²) in [5.74, 6) is 3.01. The first-order valence-corrected chi connectivity index (χ1v) is 9.34. The second-order valence-corrected chi connectivity index (χ2v) is 7.72. The maximum atomic E-state index is 5.58. The molecule has 1 atom stereocenters. The molecule has 2 rings (SSSR count). The van der Waals surface area contributed by atoms with Gasteiger partial charge in [0.15, 0.2) is 5.96 Å². The number of hydrogen-bond acceptors (Lipinski definition) is 4. The monoisotopic (exact) mass is 350 g/mol. The molecule has 7 nitrogen and oxygen atoms in total. The molecular formula is C18H34N6O. The van der Waals surface area contributed by atoms with E-state index in [1.165, 1.54) is 19.3 Å². The molecule has 0 fully saturated rings. The molecule has 0 saturated heterocycles. The van der Waals surface area contributed by atoms with E-state index < -0.39 is 0 Å². The normalized spacial score (nSPS) is 16.9. The molecule has 1 aliphatic heterocycles. The molecule has 1 aromatic rings. The molecule has 25 heavy (non-hydrogen) atoms. The smallest absolute Gasteiger partial charge is 0.191 e. The van der Waals surface area contributed by atoms with Crippen molar-refractivity contribution in [1.82, 2.24) is 25.4 Å². The van der Waals surface area contributed by atoms with Crippen molar-refractivity contribution < 1.29 is 4.74 Å². The van der Waals surface area contributed by atoms with Gasteiger partial charge in [0.05, 0.1) is 6.10 Å². The number of nitrogens with zero attached hydrogens (tertiary/aromatic N) is 4. The highest BCUT2D eigenvalue weighted by atomic mass is 16.5. The van der Waals surface area contributed by atoms with E-state index in [-0.39, 0.29) is 11.5 Å². The fourth-order valence-corrected chi connectivity index (χ4v) is 3.18. The van der Waals surface area contributed by atoms with E-state index in [4.69, 9.17) is 4.74 Å². The van der Waals surface area contributed by atoms with Gasteiger partial charge in [-0.2, -0.15) is 0 Å². The van der Waals surface area contributed by atoms with E-state index >= 15 is 0 Å². The number of hydrogen-bond donors (Lipinski definition) is 2. The Hall–Kier alpha value is -1.63. The van der Waals surface area contributed by atoms with Gasteiger partial charge in [0.2, 0.25) is 0 Å². The molecule has 0 spiro atoms. The largest absolute Gasteiger partial charge is 0.379 e. The third-order valence-electron chi connectivity index (χ3n) is 4.76. The van der Waals surface area contributed by atoms with Crippen molar-refractivity contribution in [3.63, 3.8) is 0 Å². The Morgan fingerprint density at radius 2 is 2.04 bits per heavy atom. The first kappa shape index (κ1) is 19.7. The zero-order valence-electron chi connectivity index (χ0n) is 16.4. The number of methoxy groups -OCH3 is 1. The molecule has 0 aromatic carbocycles. The highest BCUT2D eigenvalue weighted by Crippen LogP contribution is 2.20. The third kappa shape index (κ3) is 5.70. The van der Waals surface area contributed by atoms with Gasteiger partial charge in [-0.05, 0) is 18.3 Å². The van der Waals surface area contributed by atoms with Crippen molar-refractivity contribution in [3.05, 3.63) is 11.6 Å². The first-order chi connectivity index (χ1) is 12.0. The molecular weight excluding hydrogens is 316 g/mol. The molecule has 1 aliphatic rings. The Labute approximate surface area is 151 Å². The summed E-state index contributed by atoms with van der Waals surface area (Å²) in [6.07, 6.45) is 5.75. The maximum absolute atomic E-state index is 5.58. The van der Waals surface area contributed by atoms with Crippen molar-refractivity contribution >= 4 is 5.96 Å². The summed E-state index contributed by atoms with van der Waals surface area (Å²) in [5.41, 5.74) is 0.0830. The number of aliphatic imine (C=N–C) groups is 1. The van der Waals surface area contributed by atoms with Gasteiger partial charge in [-0.1, -0.05) is 27.2 Å². The summed E-state index contributed by atoms with van der Waals surface area (Å²) in [4.78, 5) is 4.29. The van der Waals surface area contributed by atoms with Crippen LogP contribution in [-0.4, -0.2) is 54.1 Å². The second kappa shape index (κ2) is 9.17. The molecule has 1 aromatic heterocycles. The Morgan fingerprint density at radius 1 is 1.24 bits per heavy atom. The quantitative estimate of drug-likeness (QED) is 0.604. The molecule has 0 saturated carbocycles. The summed E-state index contributed by atoms with van der Waals surface area (Å²) in [5, 5.41) is 15.4. The van der Waals surface area contributed by atoms with Gasteiger partial charge in [0, 0.05) is 46.6 Å². The van der Waals surface area contributed by atoms with Crippen LogP contribution in [0.1, 0.15) is 51.7 Å². The van der Waals surface area contributed by atoms with Crippen molar-refractivity contribution in [3.8, 4) is 0 Å². The van der Waals surface area contributed by atoms with Gasteiger partial charge < -0.3 is 19.9 Å². The van der Waals surface area contributed by atoms with Crippen LogP contribution in [0.4, 0.5) is 0 Å². The summed E-state index contributed by atoms with van der Waals surface area (Å²) >= 11 is 0. The van der Waals surface area contributed by atoms with E-state index in [2.05, 4.69) is 51.2 Å². The number of ether oxygens (including phenoxy) is 1. The topological polar surface area (TPSA) is 76.4 Å². The zero-order chi connectivity index (χ0) is 18.3. The van der Waals surface area contributed by atoms with E-state index in [1.807, 2.05) is 0 Å². The van der Waals surface area contributed by atoms with E-state index in [0.717, 1.165) is 50.1 Å². The van der Waals surface area contributed by atoms with E-state index in [1.54, 1.807) is 14.2 Å². The van der Waals surface area contributed by atoms with Gasteiger partial charge in [-0.25, -0.2) is 0 Å². The van der Waals surface area contributed by atoms with Crippen LogP contribution >= 0.6 is 0 Å². The number of rotatable bonds is 6. The Bertz CT molecular complexity index is 560. The highest BCUT2D eigenvalue weighted by Gasteiger charge is 2.24. The SMILES string of the molecule is CN=C(NCCc1nnc2n1CCCCC2)NCC(OC)C(C)(C)C. The molecule has 2 N–H and O–H groups in total. The minimum absolute atomic E-state index is 0.0830. The van der Waals surface area contributed by atoms with E-state index in [0.29, 0.717) is 0 Å².